The van der Waals surface area contributed by atoms with Gasteiger partial charge in [0, 0.05) is 6.04 Å². The molecule has 0 spiro atoms. The molecule has 1 aliphatic carbocycles. The van der Waals surface area contributed by atoms with Crippen LogP contribution >= 0.6 is 0 Å². The van der Waals surface area contributed by atoms with Gasteiger partial charge in [-0.05, 0) is 38.6 Å². The summed E-state index contributed by atoms with van der Waals surface area (Å²) in [7, 11) is 0. The quantitative estimate of drug-likeness (QED) is 0.684. The van der Waals surface area contributed by atoms with Crippen molar-refractivity contribution < 1.29 is 0 Å². The van der Waals surface area contributed by atoms with Crippen molar-refractivity contribution >= 4 is 0 Å². The van der Waals surface area contributed by atoms with Crippen molar-refractivity contribution in [3.8, 4) is 0 Å². The van der Waals surface area contributed by atoms with Crippen LogP contribution in [0.4, 0.5) is 0 Å². The van der Waals surface area contributed by atoms with Crippen LogP contribution in [0.1, 0.15) is 65.2 Å². The Labute approximate surface area is 89.7 Å². The highest BCUT2D eigenvalue weighted by molar-refractivity contribution is 4.69. The Morgan fingerprint density at radius 2 is 1.93 bits per heavy atom. The molecule has 1 heteroatoms. The first-order valence-electron chi connectivity index (χ1n) is 6.56. The Balaban J connectivity index is 2.00. The molecule has 1 aliphatic rings. The molecule has 0 saturated heterocycles. The fraction of sp³-hybridized carbons (Fsp3) is 1.00. The maximum absolute atomic E-state index is 3.57. The van der Waals surface area contributed by atoms with Crippen LogP contribution in [0.15, 0.2) is 0 Å². The highest BCUT2D eigenvalue weighted by Gasteiger charge is 2.13. The SMILES string of the molecule is CCCNC(C)CCC1CCCCC1. The Kier molecular flexibility index (Phi) is 6.25. The van der Waals surface area contributed by atoms with E-state index in [4.69, 9.17) is 0 Å². The molecule has 84 valence electrons. The van der Waals surface area contributed by atoms with Crippen molar-refractivity contribution in [3.05, 3.63) is 0 Å². The van der Waals surface area contributed by atoms with Gasteiger partial charge in [-0.3, -0.25) is 0 Å². The summed E-state index contributed by atoms with van der Waals surface area (Å²) in [5.41, 5.74) is 0. The number of rotatable bonds is 6. The highest BCUT2D eigenvalue weighted by Crippen LogP contribution is 2.27. The van der Waals surface area contributed by atoms with E-state index in [9.17, 15) is 0 Å². The molecule has 1 N–H and O–H groups in total. The molecular formula is C13H27N. The lowest BCUT2D eigenvalue weighted by molar-refractivity contribution is 0.317. The first kappa shape index (κ1) is 12.0. The Morgan fingerprint density at radius 1 is 1.21 bits per heavy atom. The van der Waals surface area contributed by atoms with Gasteiger partial charge in [0.25, 0.3) is 0 Å². The van der Waals surface area contributed by atoms with Crippen LogP contribution in [0.5, 0.6) is 0 Å². The van der Waals surface area contributed by atoms with Crippen molar-refractivity contribution in [2.75, 3.05) is 6.54 Å². The monoisotopic (exact) mass is 197 g/mol. The first-order valence-corrected chi connectivity index (χ1v) is 6.56. The third-order valence-corrected chi connectivity index (χ3v) is 3.48. The molecule has 0 amide bonds. The van der Waals surface area contributed by atoms with E-state index in [1.54, 1.807) is 0 Å². The molecule has 0 aliphatic heterocycles. The zero-order valence-electron chi connectivity index (χ0n) is 10.0. The average molecular weight is 197 g/mol. The van der Waals surface area contributed by atoms with Crippen LogP contribution in [-0.4, -0.2) is 12.6 Å². The zero-order chi connectivity index (χ0) is 10.2. The van der Waals surface area contributed by atoms with Gasteiger partial charge in [-0.2, -0.15) is 0 Å². The third-order valence-electron chi connectivity index (χ3n) is 3.48. The second kappa shape index (κ2) is 7.28. The van der Waals surface area contributed by atoms with Crippen molar-refractivity contribution in [1.29, 1.82) is 0 Å². The molecule has 0 aromatic carbocycles. The lowest BCUT2D eigenvalue weighted by Gasteiger charge is -2.23. The first-order chi connectivity index (χ1) is 6.83. The van der Waals surface area contributed by atoms with Crippen molar-refractivity contribution in [2.45, 2.75) is 71.3 Å². The lowest BCUT2D eigenvalue weighted by atomic mass is 9.85. The molecule has 0 aromatic heterocycles. The summed E-state index contributed by atoms with van der Waals surface area (Å²) in [6.45, 7) is 5.76. The van der Waals surface area contributed by atoms with Gasteiger partial charge in [-0.1, -0.05) is 39.0 Å². The maximum atomic E-state index is 3.57. The second-order valence-electron chi connectivity index (χ2n) is 4.94. The smallest absolute Gasteiger partial charge is 0.00388 e. The summed E-state index contributed by atoms with van der Waals surface area (Å²) in [6, 6.07) is 0.733. The standard InChI is InChI=1S/C13H27N/c1-3-11-14-12(2)9-10-13-7-5-4-6-8-13/h12-14H,3-11H2,1-2H3. The fourth-order valence-electron chi connectivity index (χ4n) is 2.45. The van der Waals surface area contributed by atoms with Crippen LogP contribution in [0.25, 0.3) is 0 Å². The molecule has 1 saturated carbocycles. The lowest BCUT2D eigenvalue weighted by Crippen LogP contribution is -2.27. The van der Waals surface area contributed by atoms with Gasteiger partial charge in [0.05, 0.1) is 0 Å². The normalized spacial score (nSPS) is 21.0. The van der Waals surface area contributed by atoms with Crippen molar-refractivity contribution in [2.24, 2.45) is 5.92 Å². The van der Waals surface area contributed by atoms with Crippen molar-refractivity contribution in [3.63, 3.8) is 0 Å². The van der Waals surface area contributed by atoms with Gasteiger partial charge in [-0.15, -0.1) is 0 Å². The van der Waals surface area contributed by atoms with E-state index in [0.29, 0.717) is 0 Å². The number of nitrogens with one attached hydrogen (secondary N) is 1. The zero-order valence-corrected chi connectivity index (χ0v) is 10.0. The van der Waals surface area contributed by atoms with Crippen LogP contribution < -0.4 is 5.32 Å². The van der Waals surface area contributed by atoms with Crippen LogP contribution in [0.3, 0.4) is 0 Å². The van der Waals surface area contributed by atoms with Gasteiger partial charge >= 0.3 is 0 Å². The maximum Gasteiger partial charge on any atom is 0.00388 e. The summed E-state index contributed by atoms with van der Waals surface area (Å²) in [4.78, 5) is 0. The van der Waals surface area contributed by atoms with Gasteiger partial charge in [0.2, 0.25) is 0 Å². The second-order valence-corrected chi connectivity index (χ2v) is 4.94. The Bertz CT molecular complexity index is 127. The summed E-state index contributed by atoms with van der Waals surface area (Å²) in [5.74, 6) is 1.05. The van der Waals surface area contributed by atoms with Crippen LogP contribution in [0.2, 0.25) is 0 Å². The molecule has 0 heterocycles. The van der Waals surface area contributed by atoms with Crippen LogP contribution in [-0.2, 0) is 0 Å². The largest absolute Gasteiger partial charge is 0.314 e. The molecule has 0 aromatic rings. The van der Waals surface area contributed by atoms with E-state index < -0.39 is 0 Å². The molecular weight excluding hydrogens is 170 g/mol. The molecule has 1 unspecified atom stereocenters. The third kappa shape index (κ3) is 4.99. The fourth-order valence-corrected chi connectivity index (χ4v) is 2.45. The average Bonchev–Trinajstić information content (AvgIpc) is 2.25. The number of hydrogen-bond donors (Lipinski definition) is 1. The predicted molar refractivity (Wildman–Crippen MR) is 63.6 cm³/mol. The Hall–Kier alpha value is -0.0400. The molecule has 0 radical (unpaired) electrons. The molecule has 14 heavy (non-hydrogen) atoms. The van der Waals surface area contributed by atoms with E-state index in [1.807, 2.05) is 0 Å². The van der Waals surface area contributed by atoms with E-state index in [1.165, 1.54) is 57.9 Å². The van der Waals surface area contributed by atoms with E-state index in [0.717, 1.165) is 12.0 Å². The molecule has 1 fully saturated rings. The van der Waals surface area contributed by atoms with E-state index in [2.05, 4.69) is 19.2 Å². The summed E-state index contributed by atoms with van der Waals surface area (Å²) < 4.78 is 0. The van der Waals surface area contributed by atoms with Crippen LogP contribution in [0, 0.1) is 5.92 Å². The summed E-state index contributed by atoms with van der Waals surface area (Å²) >= 11 is 0. The predicted octanol–water partition coefficient (Wildman–Crippen LogP) is 3.74. The van der Waals surface area contributed by atoms with E-state index in [-0.39, 0.29) is 0 Å². The topological polar surface area (TPSA) is 12.0 Å². The highest BCUT2D eigenvalue weighted by atomic mass is 14.9. The molecule has 1 rings (SSSR count). The van der Waals surface area contributed by atoms with E-state index >= 15 is 0 Å². The minimum absolute atomic E-state index is 0.733. The molecule has 1 nitrogen and oxygen atoms in total. The summed E-state index contributed by atoms with van der Waals surface area (Å²) in [6.07, 6.45) is 11.6. The Morgan fingerprint density at radius 3 is 2.57 bits per heavy atom. The minimum Gasteiger partial charge on any atom is -0.314 e. The van der Waals surface area contributed by atoms with Gasteiger partial charge in [-0.25, -0.2) is 0 Å². The molecule has 1 atom stereocenters. The summed E-state index contributed by atoms with van der Waals surface area (Å²) in [5, 5.41) is 3.57. The molecule has 0 bridgehead atoms. The van der Waals surface area contributed by atoms with Gasteiger partial charge < -0.3 is 5.32 Å². The van der Waals surface area contributed by atoms with Crippen molar-refractivity contribution in [1.82, 2.24) is 5.32 Å². The number of hydrogen-bond acceptors (Lipinski definition) is 1. The minimum atomic E-state index is 0.733. The van der Waals surface area contributed by atoms with Gasteiger partial charge in [0.15, 0.2) is 0 Å². The van der Waals surface area contributed by atoms with Gasteiger partial charge in [0.1, 0.15) is 0 Å².